The number of fused-ring (bicyclic) bond motifs is 1. The van der Waals surface area contributed by atoms with Gasteiger partial charge in [-0.15, -0.1) is 0 Å². The van der Waals surface area contributed by atoms with Gasteiger partial charge < -0.3 is 20.0 Å². The number of benzene rings is 1. The van der Waals surface area contributed by atoms with Crippen molar-refractivity contribution < 1.29 is 18.8 Å². The van der Waals surface area contributed by atoms with Gasteiger partial charge in [-0.1, -0.05) is 29.8 Å². The summed E-state index contributed by atoms with van der Waals surface area (Å²) in [6.07, 6.45) is 1.52. The number of carbonyl (C=O) groups excluding carboxylic acids is 3. The van der Waals surface area contributed by atoms with Crippen LogP contribution in [0.25, 0.3) is 0 Å². The Morgan fingerprint density at radius 2 is 1.91 bits per heavy atom. The van der Waals surface area contributed by atoms with Crippen LogP contribution in [0.2, 0.25) is 0 Å². The molecule has 0 spiro atoms. The highest BCUT2D eigenvalue weighted by Gasteiger charge is 2.46. The van der Waals surface area contributed by atoms with Crippen molar-refractivity contribution in [1.82, 2.24) is 25.3 Å². The summed E-state index contributed by atoms with van der Waals surface area (Å²) in [6, 6.07) is 12.8. The molecule has 1 aliphatic rings. The largest absolute Gasteiger partial charge is 0.467 e. The molecular formula is C23H25N5O4. The molecule has 3 heterocycles. The maximum absolute atomic E-state index is 13.1. The lowest BCUT2D eigenvalue weighted by atomic mass is 9.95. The summed E-state index contributed by atoms with van der Waals surface area (Å²) in [7, 11) is 1.58. The predicted molar refractivity (Wildman–Crippen MR) is 116 cm³/mol. The van der Waals surface area contributed by atoms with Gasteiger partial charge in [0.2, 0.25) is 5.91 Å². The third-order valence-electron chi connectivity index (χ3n) is 5.80. The average molecular weight is 435 g/mol. The lowest BCUT2D eigenvalue weighted by molar-refractivity contribution is -0.132. The van der Waals surface area contributed by atoms with E-state index in [4.69, 9.17) is 4.42 Å². The Balaban J connectivity index is 1.47. The van der Waals surface area contributed by atoms with E-state index in [-0.39, 0.29) is 36.3 Å². The number of aromatic nitrogens is 2. The fourth-order valence-electron chi connectivity index (χ4n) is 3.59. The molecule has 0 radical (unpaired) electrons. The molecule has 4 rings (SSSR count). The summed E-state index contributed by atoms with van der Waals surface area (Å²) in [5.74, 6) is -0.485. The second kappa shape index (κ2) is 8.33. The minimum absolute atomic E-state index is 0.109. The van der Waals surface area contributed by atoms with Gasteiger partial charge in [-0.3, -0.25) is 19.1 Å². The molecule has 9 nitrogen and oxygen atoms in total. The molecule has 0 aliphatic carbocycles. The Hall–Kier alpha value is -3.88. The first-order chi connectivity index (χ1) is 15.3. The number of nitrogens with zero attached hydrogens (tertiary/aromatic N) is 3. The first-order valence-electron chi connectivity index (χ1n) is 10.3. The van der Waals surface area contributed by atoms with Crippen molar-refractivity contribution in [3.63, 3.8) is 0 Å². The number of aryl methyl sites for hydroxylation is 1. The number of furan rings is 1. The van der Waals surface area contributed by atoms with Crippen LogP contribution in [-0.2, 0) is 24.4 Å². The van der Waals surface area contributed by atoms with E-state index in [1.165, 1.54) is 21.9 Å². The molecule has 3 aromatic rings. The van der Waals surface area contributed by atoms with Crippen LogP contribution in [0.4, 0.5) is 0 Å². The zero-order valence-corrected chi connectivity index (χ0v) is 18.2. The highest BCUT2D eigenvalue weighted by molar-refractivity contribution is 6.01. The second-order valence-corrected chi connectivity index (χ2v) is 8.14. The Morgan fingerprint density at radius 3 is 2.59 bits per heavy atom. The summed E-state index contributed by atoms with van der Waals surface area (Å²) >= 11 is 0. The van der Waals surface area contributed by atoms with Gasteiger partial charge in [0.1, 0.15) is 17.0 Å². The monoisotopic (exact) mass is 435 g/mol. The lowest BCUT2D eigenvalue weighted by Crippen LogP contribution is -2.62. The van der Waals surface area contributed by atoms with Gasteiger partial charge in [-0.2, -0.15) is 5.10 Å². The lowest BCUT2D eigenvalue weighted by Gasteiger charge is -2.40. The zero-order chi connectivity index (χ0) is 22.9. The number of amides is 3. The van der Waals surface area contributed by atoms with Crippen molar-refractivity contribution in [2.24, 2.45) is 0 Å². The molecule has 0 bridgehead atoms. The van der Waals surface area contributed by atoms with E-state index in [0.717, 1.165) is 11.1 Å². The molecule has 32 heavy (non-hydrogen) atoms. The quantitative estimate of drug-likeness (QED) is 0.614. The fraction of sp³-hybridized carbons (Fsp3) is 0.304. The molecule has 0 fully saturated rings. The Morgan fingerprint density at radius 1 is 1.16 bits per heavy atom. The minimum atomic E-state index is -1.15. The smallest absolute Gasteiger partial charge is 0.272 e. The Bertz CT molecular complexity index is 1150. The maximum atomic E-state index is 13.1. The summed E-state index contributed by atoms with van der Waals surface area (Å²) in [6.45, 7) is 4.38. The highest BCUT2D eigenvalue weighted by Crippen LogP contribution is 2.26. The molecule has 2 aromatic heterocycles. The van der Waals surface area contributed by atoms with Gasteiger partial charge in [-0.05, 0) is 31.5 Å². The van der Waals surface area contributed by atoms with E-state index in [1.807, 2.05) is 31.2 Å². The van der Waals surface area contributed by atoms with Crippen molar-refractivity contribution in [3.05, 3.63) is 77.0 Å². The van der Waals surface area contributed by atoms with E-state index in [2.05, 4.69) is 15.7 Å². The molecule has 166 valence electrons. The van der Waals surface area contributed by atoms with Crippen molar-refractivity contribution in [2.75, 3.05) is 7.05 Å². The molecule has 1 atom stereocenters. The van der Waals surface area contributed by atoms with Crippen molar-refractivity contribution in [3.8, 4) is 0 Å². The van der Waals surface area contributed by atoms with Crippen LogP contribution in [0.3, 0.4) is 0 Å². The van der Waals surface area contributed by atoms with Gasteiger partial charge in [-0.25, -0.2) is 0 Å². The van der Waals surface area contributed by atoms with Crippen molar-refractivity contribution in [2.45, 2.75) is 39.0 Å². The third kappa shape index (κ3) is 4.01. The number of likely N-dealkylation sites (N-methyl/N-ethyl adjacent to an activating group) is 1. The van der Waals surface area contributed by atoms with Crippen molar-refractivity contribution >= 4 is 17.7 Å². The van der Waals surface area contributed by atoms with E-state index >= 15 is 0 Å². The SMILES string of the molecule is Cc1ccc(CNC(=O)[C@]2(C)Cn3nc(C(=O)NCc4ccco4)cc3C(=O)N2C)cc1. The van der Waals surface area contributed by atoms with Gasteiger partial charge in [0.05, 0.1) is 19.4 Å². The van der Waals surface area contributed by atoms with Crippen LogP contribution >= 0.6 is 0 Å². The van der Waals surface area contributed by atoms with Crippen LogP contribution < -0.4 is 10.6 Å². The summed E-state index contributed by atoms with van der Waals surface area (Å²) in [4.78, 5) is 39.9. The number of hydrogen-bond donors (Lipinski definition) is 2. The number of carbonyl (C=O) groups is 3. The van der Waals surface area contributed by atoms with E-state index in [9.17, 15) is 14.4 Å². The molecule has 2 N–H and O–H groups in total. The Kier molecular flexibility index (Phi) is 5.56. The summed E-state index contributed by atoms with van der Waals surface area (Å²) < 4.78 is 6.63. The molecular weight excluding hydrogens is 410 g/mol. The first kappa shape index (κ1) is 21.4. The van der Waals surface area contributed by atoms with Crippen LogP contribution in [0.5, 0.6) is 0 Å². The van der Waals surface area contributed by atoms with E-state index < -0.39 is 11.4 Å². The van der Waals surface area contributed by atoms with Crippen LogP contribution in [0.15, 0.2) is 53.1 Å². The molecule has 0 unspecified atom stereocenters. The first-order valence-corrected chi connectivity index (χ1v) is 10.3. The number of rotatable bonds is 6. The summed E-state index contributed by atoms with van der Waals surface area (Å²) in [5.41, 5.74) is 1.33. The van der Waals surface area contributed by atoms with Crippen LogP contribution in [-0.4, -0.2) is 45.0 Å². The Labute approximate surface area is 185 Å². The van der Waals surface area contributed by atoms with Gasteiger partial charge in [0, 0.05) is 19.7 Å². The minimum Gasteiger partial charge on any atom is -0.467 e. The normalized spacial score (nSPS) is 17.7. The zero-order valence-electron chi connectivity index (χ0n) is 18.2. The maximum Gasteiger partial charge on any atom is 0.272 e. The molecule has 1 aromatic carbocycles. The fourth-order valence-corrected chi connectivity index (χ4v) is 3.59. The van der Waals surface area contributed by atoms with E-state index in [1.54, 1.807) is 26.1 Å². The van der Waals surface area contributed by atoms with Gasteiger partial charge in [0.15, 0.2) is 5.69 Å². The highest BCUT2D eigenvalue weighted by atomic mass is 16.3. The van der Waals surface area contributed by atoms with Gasteiger partial charge >= 0.3 is 0 Å². The van der Waals surface area contributed by atoms with Crippen molar-refractivity contribution in [1.29, 1.82) is 0 Å². The van der Waals surface area contributed by atoms with Crippen LogP contribution in [0.1, 0.15) is 44.8 Å². The van der Waals surface area contributed by atoms with Gasteiger partial charge in [0.25, 0.3) is 11.8 Å². The summed E-state index contributed by atoms with van der Waals surface area (Å²) in [5, 5.41) is 9.91. The number of hydrogen-bond acceptors (Lipinski definition) is 5. The third-order valence-corrected chi connectivity index (χ3v) is 5.80. The predicted octanol–water partition coefficient (Wildman–Crippen LogP) is 1.88. The standard InChI is InChI=1S/C23H25N5O4/c1-15-6-8-16(9-7-15)12-25-22(31)23(2)14-28-19(21(30)27(23)3)11-18(26-28)20(29)24-13-17-5-4-10-32-17/h4-11H,12-14H2,1-3H3,(H,24,29)(H,25,31)/t23-/m0/s1. The molecule has 3 amide bonds. The topological polar surface area (TPSA) is 109 Å². The molecule has 1 aliphatic heterocycles. The second-order valence-electron chi connectivity index (χ2n) is 8.14. The number of nitrogens with one attached hydrogen (secondary N) is 2. The average Bonchev–Trinajstić information content (AvgIpc) is 3.45. The van der Waals surface area contributed by atoms with E-state index in [0.29, 0.717) is 12.3 Å². The van der Waals surface area contributed by atoms with Crippen LogP contribution in [0, 0.1) is 6.92 Å². The molecule has 9 heteroatoms. The molecule has 0 saturated carbocycles. The molecule has 0 saturated heterocycles.